The molecule has 2 unspecified atom stereocenters. The zero-order valence-electron chi connectivity index (χ0n) is 20.2. The maximum absolute atomic E-state index is 13.8. The van der Waals surface area contributed by atoms with Gasteiger partial charge in [-0.2, -0.15) is 0 Å². The summed E-state index contributed by atoms with van der Waals surface area (Å²) in [5, 5.41) is -0.0395. The lowest BCUT2D eigenvalue weighted by Gasteiger charge is -2.30. The van der Waals surface area contributed by atoms with Gasteiger partial charge in [0.05, 0.1) is 25.8 Å². The van der Waals surface area contributed by atoms with E-state index in [1.165, 1.54) is 17.3 Å². The molecule has 2 aromatic rings. The molecule has 0 fully saturated rings. The van der Waals surface area contributed by atoms with Crippen LogP contribution in [0.15, 0.2) is 70.4 Å². The van der Waals surface area contributed by atoms with E-state index in [1.807, 2.05) is 45.0 Å². The quantitative estimate of drug-likeness (QED) is 0.531. The average Bonchev–Trinajstić information content (AvgIpc) is 3.13. The Bertz CT molecular complexity index is 1220. The van der Waals surface area contributed by atoms with Gasteiger partial charge in [0, 0.05) is 29.2 Å². The number of rotatable bonds is 7. The van der Waals surface area contributed by atoms with Crippen molar-refractivity contribution in [1.82, 2.24) is 0 Å². The third kappa shape index (κ3) is 4.47. The minimum absolute atomic E-state index is 0.0263. The van der Waals surface area contributed by atoms with E-state index in [1.54, 1.807) is 14.2 Å². The van der Waals surface area contributed by atoms with Gasteiger partial charge in [-0.15, -0.1) is 0 Å². The molecule has 1 heterocycles. The number of carbonyl (C=O) groups is 2. The number of Topliss-reactive ketones (excluding diaryl/α,β-unsaturated/α-hetero) is 1. The van der Waals surface area contributed by atoms with Gasteiger partial charge >= 0.3 is 0 Å². The molecular formula is C28H29NO4S. The Hall–Kier alpha value is -3.12. The Kier molecular flexibility index (Phi) is 7.08. The van der Waals surface area contributed by atoms with Crippen LogP contribution in [-0.4, -0.2) is 36.6 Å². The number of aliphatic imine (C=N–C) groups is 1. The molecule has 5 nitrogen and oxygen atoms in total. The van der Waals surface area contributed by atoms with E-state index in [9.17, 15) is 9.59 Å². The normalized spacial score (nSPS) is 19.5. The number of aryl methyl sites for hydroxylation is 1. The number of fused-ring (bicyclic) bond motifs is 1. The average molecular weight is 476 g/mol. The number of benzene rings is 2. The van der Waals surface area contributed by atoms with E-state index >= 15 is 0 Å². The summed E-state index contributed by atoms with van der Waals surface area (Å²) in [6.45, 7) is 5.85. The lowest BCUT2D eigenvalue weighted by molar-refractivity contribution is -0.117. The number of hydrogen-bond acceptors (Lipinski definition) is 6. The van der Waals surface area contributed by atoms with Crippen molar-refractivity contribution in [3.63, 3.8) is 0 Å². The topological polar surface area (TPSA) is 65.0 Å². The van der Waals surface area contributed by atoms with Gasteiger partial charge in [0.1, 0.15) is 0 Å². The molecule has 2 aliphatic rings. The molecule has 0 N–H and O–H groups in total. The highest BCUT2D eigenvalue weighted by molar-refractivity contribution is 8.14. The van der Waals surface area contributed by atoms with Gasteiger partial charge in [-0.25, -0.2) is 0 Å². The second-order valence-corrected chi connectivity index (χ2v) is 9.76. The van der Waals surface area contributed by atoms with Crippen molar-refractivity contribution in [2.75, 3.05) is 20.0 Å². The lowest BCUT2D eigenvalue weighted by Crippen LogP contribution is -2.32. The Labute approximate surface area is 205 Å². The van der Waals surface area contributed by atoms with Crippen molar-refractivity contribution >= 4 is 28.4 Å². The second-order valence-electron chi connectivity index (χ2n) is 8.52. The standard InChI is InChI=1S/C28H29NO4S/c1-6-34-28(31)24-17(3)29-21-14-20(13-18-9-7-16(2)8-10-18)27(30)26(21)25(24)19-11-12-22(32-4)23(15-19)33-5/h7-12,14-15,25-26H,6,13H2,1-5H3. The second kappa shape index (κ2) is 10.0. The molecule has 176 valence electrons. The molecule has 0 radical (unpaired) electrons. The van der Waals surface area contributed by atoms with Crippen molar-refractivity contribution < 1.29 is 19.1 Å². The maximum atomic E-state index is 13.8. The molecule has 0 amide bonds. The van der Waals surface area contributed by atoms with Gasteiger partial charge in [-0.3, -0.25) is 14.6 Å². The van der Waals surface area contributed by atoms with Crippen LogP contribution in [0.1, 0.15) is 36.5 Å². The van der Waals surface area contributed by atoms with Crippen molar-refractivity contribution in [1.29, 1.82) is 0 Å². The van der Waals surface area contributed by atoms with E-state index in [0.29, 0.717) is 34.9 Å². The summed E-state index contributed by atoms with van der Waals surface area (Å²) in [5.74, 6) is 0.883. The monoisotopic (exact) mass is 475 g/mol. The minimum atomic E-state index is -0.529. The number of allylic oxidation sites excluding steroid dienone is 3. The molecule has 1 aliphatic carbocycles. The molecule has 0 saturated heterocycles. The first-order valence-corrected chi connectivity index (χ1v) is 12.3. The molecular weight excluding hydrogens is 446 g/mol. The van der Waals surface area contributed by atoms with Crippen LogP contribution < -0.4 is 9.47 Å². The molecule has 2 atom stereocenters. The van der Waals surface area contributed by atoms with Gasteiger partial charge in [-0.05, 0) is 48.9 Å². The predicted molar refractivity (Wildman–Crippen MR) is 137 cm³/mol. The van der Waals surface area contributed by atoms with Crippen LogP contribution in [0.2, 0.25) is 0 Å². The third-order valence-corrected chi connectivity index (χ3v) is 7.12. The van der Waals surface area contributed by atoms with Crippen molar-refractivity contribution in [3.8, 4) is 11.5 Å². The summed E-state index contributed by atoms with van der Waals surface area (Å²) in [6, 6.07) is 13.8. The molecule has 0 saturated carbocycles. The van der Waals surface area contributed by atoms with Gasteiger partial charge in [0.15, 0.2) is 17.3 Å². The third-order valence-electron chi connectivity index (χ3n) is 6.35. The van der Waals surface area contributed by atoms with Gasteiger partial charge in [0.2, 0.25) is 5.12 Å². The van der Waals surface area contributed by atoms with E-state index in [-0.39, 0.29) is 10.9 Å². The molecule has 6 heteroatoms. The van der Waals surface area contributed by atoms with Crippen molar-refractivity contribution in [2.45, 2.75) is 33.1 Å². The summed E-state index contributed by atoms with van der Waals surface area (Å²) in [6.07, 6.45) is 2.46. The van der Waals surface area contributed by atoms with Gasteiger partial charge in [-0.1, -0.05) is 54.6 Å². The maximum Gasteiger partial charge on any atom is 0.217 e. The summed E-state index contributed by atoms with van der Waals surface area (Å²) < 4.78 is 10.9. The molecule has 0 spiro atoms. The first-order chi connectivity index (χ1) is 16.4. The van der Waals surface area contributed by atoms with Crippen LogP contribution in [-0.2, 0) is 16.0 Å². The fourth-order valence-corrected chi connectivity index (χ4v) is 5.39. The fourth-order valence-electron chi connectivity index (χ4n) is 4.70. The van der Waals surface area contributed by atoms with E-state index in [4.69, 9.17) is 14.5 Å². The zero-order valence-corrected chi connectivity index (χ0v) is 21.0. The van der Waals surface area contributed by atoms with Crippen LogP contribution in [0.4, 0.5) is 0 Å². The Balaban J connectivity index is 1.79. The minimum Gasteiger partial charge on any atom is -0.493 e. The molecule has 2 aromatic carbocycles. The number of nitrogens with zero attached hydrogens (tertiary/aromatic N) is 1. The Morgan fingerprint density at radius 3 is 2.35 bits per heavy atom. The molecule has 34 heavy (non-hydrogen) atoms. The van der Waals surface area contributed by atoms with Crippen molar-refractivity contribution in [2.24, 2.45) is 10.9 Å². The highest BCUT2D eigenvalue weighted by Gasteiger charge is 2.45. The van der Waals surface area contributed by atoms with E-state index in [2.05, 4.69) is 24.3 Å². The first kappa shape index (κ1) is 24.0. The van der Waals surface area contributed by atoms with E-state index < -0.39 is 11.8 Å². The largest absolute Gasteiger partial charge is 0.493 e. The number of methoxy groups -OCH3 is 2. The molecule has 0 bridgehead atoms. The SMILES string of the molecule is CCSC(=O)C1=C(C)N=C2C=C(Cc3ccc(C)cc3)C(=O)C2C1c1ccc(OC)c(OC)c1. The Morgan fingerprint density at radius 2 is 1.71 bits per heavy atom. The summed E-state index contributed by atoms with van der Waals surface area (Å²) >= 11 is 1.25. The number of ketones is 1. The summed E-state index contributed by atoms with van der Waals surface area (Å²) in [4.78, 5) is 31.7. The van der Waals surface area contributed by atoms with Crippen LogP contribution in [0.5, 0.6) is 11.5 Å². The fraction of sp³-hybridized carbons (Fsp3) is 0.321. The zero-order chi connectivity index (χ0) is 24.4. The highest BCUT2D eigenvalue weighted by atomic mass is 32.2. The molecule has 1 aliphatic heterocycles. The Morgan fingerprint density at radius 1 is 1.00 bits per heavy atom. The van der Waals surface area contributed by atoms with Crippen LogP contribution >= 0.6 is 11.8 Å². The van der Waals surface area contributed by atoms with Crippen LogP contribution in [0.25, 0.3) is 0 Å². The van der Waals surface area contributed by atoms with Gasteiger partial charge in [0.25, 0.3) is 0 Å². The van der Waals surface area contributed by atoms with Crippen LogP contribution in [0, 0.1) is 12.8 Å². The first-order valence-electron chi connectivity index (χ1n) is 11.4. The highest BCUT2D eigenvalue weighted by Crippen LogP contribution is 2.46. The van der Waals surface area contributed by atoms with Crippen molar-refractivity contribution in [3.05, 3.63) is 82.1 Å². The lowest BCUT2D eigenvalue weighted by atomic mass is 9.75. The number of thioether (sulfide) groups is 1. The summed E-state index contributed by atoms with van der Waals surface area (Å²) in [7, 11) is 3.17. The summed E-state index contributed by atoms with van der Waals surface area (Å²) in [5.41, 5.74) is 5.80. The van der Waals surface area contributed by atoms with Gasteiger partial charge < -0.3 is 9.47 Å². The van der Waals surface area contributed by atoms with Crippen LogP contribution in [0.3, 0.4) is 0 Å². The number of carbonyl (C=O) groups excluding carboxylic acids is 2. The molecule has 4 rings (SSSR count). The molecule has 0 aromatic heterocycles. The predicted octanol–water partition coefficient (Wildman–Crippen LogP) is 5.47. The number of ether oxygens (including phenoxy) is 2. The number of hydrogen-bond donors (Lipinski definition) is 0. The smallest absolute Gasteiger partial charge is 0.217 e. The van der Waals surface area contributed by atoms with E-state index in [0.717, 1.165) is 22.4 Å².